The van der Waals surface area contributed by atoms with Gasteiger partial charge in [0.15, 0.2) is 0 Å². The minimum Gasteiger partial charge on any atom is -0.385 e. The van der Waals surface area contributed by atoms with Gasteiger partial charge in [0.1, 0.15) is 17.7 Å². The van der Waals surface area contributed by atoms with Crippen molar-refractivity contribution in [3.8, 4) is 5.69 Å². The molecule has 0 aliphatic carbocycles. The van der Waals surface area contributed by atoms with E-state index in [4.69, 9.17) is 5.10 Å². The number of carbonyl (C=O) groups is 2. The van der Waals surface area contributed by atoms with Crippen LogP contribution >= 0.6 is 0 Å². The van der Waals surface area contributed by atoms with Crippen molar-refractivity contribution in [3.05, 3.63) is 107 Å². The van der Waals surface area contributed by atoms with Crippen molar-refractivity contribution in [2.75, 3.05) is 43.9 Å². The van der Waals surface area contributed by atoms with Crippen LogP contribution in [0.3, 0.4) is 0 Å². The fraction of sp³-hybridized carbons (Fsp3) is 0.324. The summed E-state index contributed by atoms with van der Waals surface area (Å²) >= 11 is 0. The lowest BCUT2D eigenvalue weighted by molar-refractivity contribution is -0.137. The predicted octanol–water partition coefficient (Wildman–Crippen LogP) is 6.00. The second-order valence-corrected chi connectivity index (χ2v) is 11.5. The van der Waals surface area contributed by atoms with E-state index in [1.165, 1.54) is 35.2 Å². The van der Waals surface area contributed by atoms with E-state index in [-0.39, 0.29) is 12.1 Å². The van der Waals surface area contributed by atoms with Crippen LogP contribution in [0.15, 0.2) is 72.8 Å². The molecule has 0 saturated carbocycles. The number of amides is 2. The lowest BCUT2D eigenvalue weighted by Crippen LogP contribution is -2.55. The Bertz CT molecular complexity index is 1720. The molecular weight excluding hydrogens is 600 g/mol. The number of halogens is 4. The van der Waals surface area contributed by atoms with Crippen LogP contribution in [0.5, 0.6) is 0 Å². The molecule has 2 heterocycles. The topological polar surface area (TPSA) is 82.5 Å². The van der Waals surface area contributed by atoms with E-state index >= 15 is 0 Å². The van der Waals surface area contributed by atoms with Crippen LogP contribution in [-0.2, 0) is 11.0 Å². The molecule has 242 valence electrons. The predicted molar refractivity (Wildman–Crippen MR) is 169 cm³/mol. The molecule has 2 N–H and O–H groups in total. The summed E-state index contributed by atoms with van der Waals surface area (Å²) in [5, 5.41) is 11.0. The number of hydrogen-bond donors (Lipinski definition) is 2. The van der Waals surface area contributed by atoms with Crippen LogP contribution in [0, 0.1) is 12.7 Å². The van der Waals surface area contributed by atoms with Crippen LogP contribution < -0.4 is 15.5 Å². The fourth-order valence-electron chi connectivity index (χ4n) is 5.83. The van der Waals surface area contributed by atoms with Crippen LogP contribution in [-0.4, -0.2) is 66.3 Å². The van der Waals surface area contributed by atoms with E-state index in [0.717, 1.165) is 43.4 Å². The summed E-state index contributed by atoms with van der Waals surface area (Å²) in [6.07, 6.45) is -3.70. The first kappa shape index (κ1) is 32.7. The maximum Gasteiger partial charge on any atom is 0.416 e. The maximum atomic E-state index is 14.3. The van der Waals surface area contributed by atoms with Gasteiger partial charge in [-0.15, -0.1) is 0 Å². The Morgan fingerprint density at radius 2 is 1.74 bits per heavy atom. The quantitative estimate of drug-likeness (QED) is 0.165. The standard InChI is InChI=1S/C34H36F4N6O2/c1-5-43-32-28(21(2)41-44(32)27-12-7-11-26(20-27)39-17-8-18-42(3)4)29(22-13-15-25(35)16-14-22)30(33(43)46)40-31(45)23-9-6-10-24(19-23)34(36,37)38/h6-7,9-16,19-20,29-30,39H,5,8,17-18H2,1-4H3,(H,40,45). The maximum absolute atomic E-state index is 14.3. The van der Waals surface area contributed by atoms with Crippen LogP contribution in [0.4, 0.5) is 29.1 Å². The number of anilines is 2. The lowest BCUT2D eigenvalue weighted by Gasteiger charge is -2.38. The highest BCUT2D eigenvalue weighted by atomic mass is 19.4. The van der Waals surface area contributed by atoms with E-state index in [2.05, 4.69) is 15.5 Å². The number of hydrogen-bond acceptors (Lipinski definition) is 5. The van der Waals surface area contributed by atoms with Crippen molar-refractivity contribution < 1.29 is 27.2 Å². The zero-order valence-corrected chi connectivity index (χ0v) is 26.0. The molecule has 2 unspecified atom stereocenters. The molecule has 8 nitrogen and oxygen atoms in total. The Hall–Kier alpha value is -4.71. The summed E-state index contributed by atoms with van der Waals surface area (Å²) in [5.74, 6) is -2.08. The number of rotatable bonds is 10. The van der Waals surface area contributed by atoms with Gasteiger partial charge >= 0.3 is 6.18 Å². The van der Waals surface area contributed by atoms with Gasteiger partial charge in [-0.3, -0.25) is 14.5 Å². The molecule has 0 bridgehead atoms. The second kappa shape index (κ2) is 13.3. The largest absolute Gasteiger partial charge is 0.416 e. The van der Waals surface area contributed by atoms with E-state index in [1.807, 2.05) is 38.4 Å². The number of alkyl halides is 3. The van der Waals surface area contributed by atoms with Gasteiger partial charge in [0.05, 0.1) is 16.9 Å². The number of fused-ring (bicyclic) bond motifs is 1. The Kier molecular flexibility index (Phi) is 9.47. The molecule has 3 aromatic carbocycles. The van der Waals surface area contributed by atoms with Gasteiger partial charge in [0, 0.05) is 35.8 Å². The second-order valence-electron chi connectivity index (χ2n) is 11.5. The minimum atomic E-state index is -4.65. The summed E-state index contributed by atoms with van der Waals surface area (Å²) in [7, 11) is 4.04. The van der Waals surface area contributed by atoms with Crippen LogP contribution in [0.2, 0.25) is 0 Å². The summed E-state index contributed by atoms with van der Waals surface area (Å²) in [4.78, 5) is 31.3. The first-order chi connectivity index (χ1) is 21.9. The Morgan fingerprint density at radius 3 is 2.41 bits per heavy atom. The number of nitrogens with zero attached hydrogens (tertiary/aromatic N) is 4. The van der Waals surface area contributed by atoms with E-state index in [1.54, 1.807) is 18.5 Å². The molecule has 1 aliphatic rings. The third kappa shape index (κ3) is 6.76. The zero-order valence-electron chi connectivity index (χ0n) is 26.0. The molecule has 1 aromatic heterocycles. The normalized spacial score (nSPS) is 16.5. The third-order valence-electron chi connectivity index (χ3n) is 8.00. The van der Waals surface area contributed by atoms with Crippen molar-refractivity contribution >= 4 is 23.3 Å². The van der Waals surface area contributed by atoms with Gasteiger partial charge in [-0.05, 0) is 95.0 Å². The first-order valence-electron chi connectivity index (χ1n) is 15.0. The molecule has 4 aromatic rings. The molecule has 1 aliphatic heterocycles. The number of nitrogens with one attached hydrogen (secondary N) is 2. The van der Waals surface area contributed by atoms with Crippen molar-refractivity contribution in [2.45, 2.75) is 38.4 Å². The average Bonchev–Trinajstić information content (AvgIpc) is 3.36. The Balaban J connectivity index is 1.57. The molecular formula is C34H36F4N6O2. The molecule has 0 saturated heterocycles. The van der Waals surface area contributed by atoms with E-state index < -0.39 is 41.3 Å². The van der Waals surface area contributed by atoms with Crippen molar-refractivity contribution in [1.82, 2.24) is 20.0 Å². The van der Waals surface area contributed by atoms with Gasteiger partial charge in [0.25, 0.3) is 11.8 Å². The van der Waals surface area contributed by atoms with Crippen LogP contribution in [0.1, 0.15) is 52.0 Å². The number of likely N-dealkylation sites (N-methyl/N-ethyl adjacent to an activating group) is 1. The van der Waals surface area contributed by atoms with Gasteiger partial charge in [-0.2, -0.15) is 18.3 Å². The molecule has 5 rings (SSSR count). The zero-order chi connectivity index (χ0) is 33.2. The average molecular weight is 637 g/mol. The summed E-state index contributed by atoms with van der Waals surface area (Å²) < 4.78 is 56.0. The van der Waals surface area contributed by atoms with Gasteiger partial charge in [-0.1, -0.05) is 24.3 Å². The number of aryl methyl sites for hydroxylation is 1. The lowest BCUT2D eigenvalue weighted by atomic mass is 9.81. The van der Waals surface area contributed by atoms with Crippen molar-refractivity contribution in [3.63, 3.8) is 0 Å². The molecule has 0 radical (unpaired) electrons. The Labute approximate surface area is 265 Å². The van der Waals surface area contributed by atoms with Gasteiger partial charge < -0.3 is 15.5 Å². The van der Waals surface area contributed by atoms with Crippen molar-refractivity contribution in [1.29, 1.82) is 0 Å². The van der Waals surface area contributed by atoms with Crippen molar-refractivity contribution in [2.24, 2.45) is 0 Å². The molecule has 12 heteroatoms. The molecule has 2 atom stereocenters. The molecule has 2 amide bonds. The first-order valence-corrected chi connectivity index (χ1v) is 15.0. The van der Waals surface area contributed by atoms with E-state index in [9.17, 15) is 27.2 Å². The molecule has 46 heavy (non-hydrogen) atoms. The summed E-state index contributed by atoms with van der Waals surface area (Å²) in [5.41, 5.74) is 2.14. The highest BCUT2D eigenvalue weighted by molar-refractivity contribution is 6.05. The number of aromatic nitrogens is 2. The van der Waals surface area contributed by atoms with Gasteiger partial charge in [0.2, 0.25) is 0 Å². The highest BCUT2D eigenvalue weighted by Crippen LogP contribution is 2.43. The monoisotopic (exact) mass is 636 g/mol. The number of benzene rings is 3. The summed E-state index contributed by atoms with van der Waals surface area (Å²) in [6.45, 7) is 5.51. The summed E-state index contributed by atoms with van der Waals surface area (Å²) in [6, 6.07) is 16.1. The van der Waals surface area contributed by atoms with E-state index in [0.29, 0.717) is 28.3 Å². The fourth-order valence-corrected chi connectivity index (χ4v) is 5.83. The Morgan fingerprint density at radius 1 is 1.02 bits per heavy atom. The molecule has 0 fully saturated rings. The smallest absolute Gasteiger partial charge is 0.385 e. The SMILES string of the molecule is CCN1C(=O)C(NC(=O)c2cccc(C(F)(F)F)c2)C(c2ccc(F)cc2)c2c(C)nn(-c3cccc(NCCCN(C)C)c3)c21. The van der Waals surface area contributed by atoms with Crippen LogP contribution in [0.25, 0.3) is 5.69 Å². The molecule has 0 spiro atoms. The van der Waals surface area contributed by atoms with Gasteiger partial charge in [-0.25, -0.2) is 9.07 Å². The minimum absolute atomic E-state index is 0.228. The third-order valence-corrected chi connectivity index (χ3v) is 8.00. The highest BCUT2D eigenvalue weighted by Gasteiger charge is 2.45. The number of carbonyl (C=O) groups excluding carboxylic acids is 2.